The molecule has 1 N–H and O–H groups in total. The van der Waals surface area contributed by atoms with Crippen molar-refractivity contribution in [3.8, 4) is 0 Å². The average molecular weight is 299 g/mol. The van der Waals surface area contributed by atoms with Gasteiger partial charge < -0.3 is 19.5 Å². The highest BCUT2D eigenvalue weighted by atomic mass is 35.5. The molecule has 0 radical (unpaired) electrons. The molecule has 0 atom stereocenters. The van der Waals surface area contributed by atoms with Gasteiger partial charge in [0.2, 0.25) is 0 Å². The lowest BCUT2D eigenvalue weighted by atomic mass is 9.89. The molecule has 0 unspecified atom stereocenters. The van der Waals surface area contributed by atoms with E-state index in [-0.39, 0.29) is 5.41 Å². The van der Waals surface area contributed by atoms with Crippen molar-refractivity contribution in [1.29, 1.82) is 0 Å². The second-order valence-electron chi connectivity index (χ2n) is 5.82. The van der Waals surface area contributed by atoms with Gasteiger partial charge in [-0.15, -0.1) is 0 Å². The van der Waals surface area contributed by atoms with Crippen LogP contribution in [0, 0.1) is 5.41 Å². The molecule has 0 saturated carbocycles. The van der Waals surface area contributed by atoms with E-state index in [1.165, 1.54) is 0 Å². The van der Waals surface area contributed by atoms with Crippen LogP contribution in [0.15, 0.2) is 17.3 Å². The van der Waals surface area contributed by atoms with E-state index in [1.807, 2.05) is 30.9 Å². The molecule has 0 bridgehead atoms. The van der Waals surface area contributed by atoms with Crippen LogP contribution in [-0.4, -0.2) is 49.3 Å². The number of aryl methyl sites for hydroxylation is 1. The maximum absolute atomic E-state index is 6.01. The van der Waals surface area contributed by atoms with E-state index < -0.39 is 0 Å². The van der Waals surface area contributed by atoms with Gasteiger partial charge in [0.1, 0.15) is 0 Å². The molecule has 6 heteroatoms. The first kappa shape index (κ1) is 15.2. The van der Waals surface area contributed by atoms with E-state index in [0.29, 0.717) is 0 Å². The van der Waals surface area contributed by atoms with Crippen LogP contribution in [0.1, 0.15) is 12.6 Å². The first-order valence-corrected chi connectivity index (χ1v) is 7.11. The monoisotopic (exact) mass is 298 g/mol. The highest BCUT2D eigenvalue weighted by Crippen LogP contribution is 2.25. The highest BCUT2D eigenvalue weighted by molar-refractivity contribution is 6.30. The predicted molar refractivity (Wildman–Crippen MR) is 82.2 cm³/mol. The molecule has 1 aromatic heterocycles. The zero-order valence-electron chi connectivity index (χ0n) is 12.6. The van der Waals surface area contributed by atoms with Crippen molar-refractivity contribution < 1.29 is 4.74 Å². The number of aromatic nitrogens is 1. The van der Waals surface area contributed by atoms with Crippen molar-refractivity contribution in [2.45, 2.75) is 13.5 Å². The van der Waals surface area contributed by atoms with Gasteiger partial charge in [-0.25, -0.2) is 0 Å². The Kier molecular flexibility index (Phi) is 4.60. The topological polar surface area (TPSA) is 41.8 Å². The summed E-state index contributed by atoms with van der Waals surface area (Å²) < 4.78 is 7.30. The zero-order valence-corrected chi connectivity index (χ0v) is 13.4. The van der Waals surface area contributed by atoms with Crippen LogP contribution in [-0.2, 0) is 18.3 Å². The first-order valence-electron chi connectivity index (χ1n) is 6.74. The number of halogens is 1. The SMILES string of the molecule is CN=C(NCC1(C)COC1)N(C)Cc1cc(Cl)cn1C. The van der Waals surface area contributed by atoms with E-state index in [4.69, 9.17) is 16.3 Å². The van der Waals surface area contributed by atoms with Crippen LogP contribution in [0.3, 0.4) is 0 Å². The zero-order chi connectivity index (χ0) is 14.8. The Bertz CT molecular complexity index is 493. The summed E-state index contributed by atoms with van der Waals surface area (Å²) in [4.78, 5) is 6.42. The van der Waals surface area contributed by atoms with E-state index in [1.54, 1.807) is 7.05 Å². The van der Waals surface area contributed by atoms with Gasteiger partial charge in [-0.05, 0) is 6.07 Å². The minimum atomic E-state index is 0.227. The normalized spacial score (nSPS) is 17.8. The van der Waals surface area contributed by atoms with Gasteiger partial charge in [-0.2, -0.15) is 0 Å². The maximum atomic E-state index is 6.01. The molecule has 5 nitrogen and oxygen atoms in total. The number of ether oxygens (including phenoxy) is 1. The molecular weight excluding hydrogens is 276 g/mol. The predicted octanol–water partition coefficient (Wildman–Crippen LogP) is 1.72. The number of aliphatic imine (C=N–C) groups is 1. The largest absolute Gasteiger partial charge is 0.380 e. The third-order valence-corrected chi connectivity index (χ3v) is 3.83. The summed E-state index contributed by atoms with van der Waals surface area (Å²) >= 11 is 6.01. The Morgan fingerprint density at radius 1 is 1.60 bits per heavy atom. The molecule has 20 heavy (non-hydrogen) atoms. The van der Waals surface area contributed by atoms with Crippen molar-refractivity contribution in [2.75, 3.05) is 33.9 Å². The van der Waals surface area contributed by atoms with Crippen molar-refractivity contribution in [1.82, 2.24) is 14.8 Å². The van der Waals surface area contributed by atoms with Crippen molar-refractivity contribution in [3.05, 3.63) is 23.0 Å². The fourth-order valence-corrected chi connectivity index (χ4v) is 2.54. The standard InChI is InChI=1S/C14H23ClN4O/c1-14(9-20-10-14)8-17-13(16-2)19(4)7-12-5-11(15)6-18(12)3/h5-6H,7-10H2,1-4H3,(H,16,17). The first-order chi connectivity index (χ1) is 9.43. The van der Waals surface area contributed by atoms with Crippen LogP contribution in [0.4, 0.5) is 0 Å². The maximum Gasteiger partial charge on any atom is 0.193 e. The number of nitrogens with one attached hydrogen (secondary N) is 1. The van der Waals surface area contributed by atoms with Gasteiger partial charge in [0.15, 0.2) is 5.96 Å². The molecular formula is C14H23ClN4O. The minimum absolute atomic E-state index is 0.227. The summed E-state index contributed by atoms with van der Waals surface area (Å²) in [6.45, 7) is 5.48. The molecule has 0 spiro atoms. The van der Waals surface area contributed by atoms with E-state index in [2.05, 4.69) is 22.1 Å². The molecule has 1 aliphatic heterocycles. The van der Waals surface area contributed by atoms with E-state index in [0.717, 1.165) is 43.0 Å². The number of rotatable bonds is 4. The second-order valence-corrected chi connectivity index (χ2v) is 6.26. The Balaban J connectivity index is 1.92. The second kappa shape index (κ2) is 6.06. The smallest absolute Gasteiger partial charge is 0.193 e. The van der Waals surface area contributed by atoms with Crippen molar-refractivity contribution >= 4 is 17.6 Å². The van der Waals surface area contributed by atoms with Gasteiger partial charge >= 0.3 is 0 Å². The molecule has 1 aliphatic rings. The molecule has 1 fully saturated rings. The summed E-state index contributed by atoms with van der Waals surface area (Å²) in [5.74, 6) is 0.885. The third kappa shape index (κ3) is 3.46. The summed E-state index contributed by atoms with van der Waals surface area (Å²) in [6.07, 6.45) is 1.91. The van der Waals surface area contributed by atoms with Crippen LogP contribution in [0.25, 0.3) is 0 Å². The molecule has 0 aromatic carbocycles. The Morgan fingerprint density at radius 2 is 2.30 bits per heavy atom. The van der Waals surface area contributed by atoms with Crippen LogP contribution < -0.4 is 5.32 Å². The Morgan fingerprint density at radius 3 is 2.75 bits per heavy atom. The number of hydrogen-bond donors (Lipinski definition) is 1. The summed E-state index contributed by atoms with van der Waals surface area (Å²) in [6, 6.07) is 1.98. The van der Waals surface area contributed by atoms with Crippen LogP contribution in [0.2, 0.25) is 5.02 Å². The molecule has 1 saturated heterocycles. The molecule has 0 amide bonds. The van der Waals surface area contributed by atoms with Gasteiger partial charge in [-0.3, -0.25) is 4.99 Å². The van der Waals surface area contributed by atoms with E-state index >= 15 is 0 Å². The lowest BCUT2D eigenvalue weighted by Gasteiger charge is -2.39. The third-order valence-electron chi connectivity index (χ3n) is 3.62. The van der Waals surface area contributed by atoms with Crippen molar-refractivity contribution in [2.24, 2.45) is 17.5 Å². The summed E-state index contributed by atoms with van der Waals surface area (Å²) in [5.41, 5.74) is 1.38. The average Bonchev–Trinajstić information content (AvgIpc) is 2.66. The van der Waals surface area contributed by atoms with Crippen LogP contribution in [0.5, 0.6) is 0 Å². The lowest BCUT2D eigenvalue weighted by Crippen LogP contribution is -2.51. The minimum Gasteiger partial charge on any atom is -0.380 e. The van der Waals surface area contributed by atoms with Gasteiger partial charge in [-0.1, -0.05) is 18.5 Å². The quantitative estimate of drug-likeness (QED) is 0.680. The molecule has 112 valence electrons. The number of guanidine groups is 1. The molecule has 2 rings (SSSR count). The summed E-state index contributed by atoms with van der Waals surface area (Å²) in [5, 5.41) is 4.17. The van der Waals surface area contributed by atoms with E-state index in [9.17, 15) is 0 Å². The fraction of sp³-hybridized carbons (Fsp3) is 0.643. The Hall–Kier alpha value is -1.20. The van der Waals surface area contributed by atoms with Gasteiger partial charge in [0, 0.05) is 45.0 Å². The number of hydrogen-bond acceptors (Lipinski definition) is 2. The molecule has 0 aliphatic carbocycles. The van der Waals surface area contributed by atoms with Gasteiger partial charge in [0.25, 0.3) is 0 Å². The highest BCUT2D eigenvalue weighted by Gasteiger charge is 2.33. The Labute approximate surface area is 125 Å². The summed E-state index contributed by atoms with van der Waals surface area (Å²) in [7, 11) is 5.82. The van der Waals surface area contributed by atoms with Crippen molar-refractivity contribution in [3.63, 3.8) is 0 Å². The number of nitrogens with zero attached hydrogens (tertiary/aromatic N) is 3. The van der Waals surface area contributed by atoms with Crippen LogP contribution >= 0.6 is 11.6 Å². The van der Waals surface area contributed by atoms with Gasteiger partial charge in [0.05, 0.1) is 24.8 Å². The molecule has 2 heterocycles. The lowest BCUT2D eigenvalue weighted by molar-refractivity contribution is -0.0972. The fourth-order valence-electron chi connectivity index (χ4n) is 2.27. The molecule has 1 aromatic rings.